The van der Waals surface area contributed by atoms with Crippen LogP contribution in [0.1, 0.15) is 12.7 Å². The van der Waals surface area contributed by atoms with E-state index in [-0.39, 0.29) is 11.9 Å². The number of carbonyl (C=O) groups is 1. The molecule has 2 heterocycles. The van der Waals surface area contributed by atoms with Crippen LogP contribution in [0.2, 0.25) is 0 Å². The molecule has 1 atom stereocenters. The maximum absolute atomic E-state index is 12.0. The van der Waals surface area contributed by atoms with E-state index in [4.69, 9.17) is 0 Å². The van der Waals surface area contributed by atoms with Crippen molar-refractivity contribution in [1.29, 1.82) is 0 Å². The molecule has 1 aromatic heterocycles. The highest BCUT2D eigenvalue weighted by Crippen LogP contribution is 2.01. The normalized spacial score (nSPS) is 18.2. The van der Waals surface area contributed by atoms with Crippen molar-refractivity contribution in [2.45, 2.75) is 19.4 Å². The van der Waals surface area contributed by atoms with Gasteiger partial charge in [0.1, 0.15) is 12.2 Å². The van der Waals surface area contributed by atoms with Gasteiger partial charge in [0, 0.05) is 46.2 Å². The first-order valence-corrected chi connectivity index (χ1v) is 6.74. The minimum absolute atomic E-state index is 0.0680. The molecule has 7 heteroatoms. The average Bonchev–Trinajstić information content (AvgIpc) is 2.84. The minimum atomic E-state index is -0.0680. The molecule has 0 bridgehead atoms. The quantitative estimate of drug-likeness (QED) is 0.698. The molecule has 0 aliphatic carbocycles. The Bertz CT molecular complexity index is 412. The van der Waals surface area contributed by atoms with Gasteiger partial charge in [-0.15, -0.1) is 10.2 Å². The Labute approximate surface area is 113 Å². The third kappa shape index (κ3) is 3.74. The first-order chi connectivity index (χ1) is 9.18. The average molecular weight is 266 g/mol. The maximum atomic E-state index is 12.0. The topological polar surface area (TPSA) is 75.1 Å². The Morgan fingerprint density at radius 2 is 2.26 bits per heavy atom. The second-order valence-corrected chi connectivity index (χ2v) is 4.86. The second-order valence-electron chi connectivity index (χ2n) is 4.86. The number of carbonyl (C=O) groups excluding carboxylic acids is 1. The minimum Gasteiger partial charge on any atom is -0.354 e. The molecule has 7 nitrogen and oxygen atoms in total. The smallest absolute Gasteiger partial charge is 0.237 e. The molecule has 1 saturated heterocycles. The maximum Gasteiger partial charge on any atom is 0.237 e. The largest absolute Gasteiger partial charge is 0.354 e. The summed E-state index contributed by atoms with van der Waals surface area (Å²) >= 11 is 0. The van der Waals surface area contributed by atoms with Gasteiger partial charge in [0.25, 0.3) is 0 Å². The number of hydrogen-bond donors (Lipinski definition) is 2. The third-order valence-electron chi connectivity index (χ3n) is 3.53. The molecule has 1 aromatic rings. The fourth-order valence-electron chi connectivity index (χ4n) is 2.21. The Balaban J connectivity index is 1.73. The lowest BCUT2D eigenvalue weighted by molar-refractivity contribution is -0.126. The first kappa shape index (κ1) is 14.0. The molecule has 2 N–H and O–H groups in total. The molecule has 1 amide bonds. The summed E-state index contributed by atoms with van der Waals surface area (Å²) in [4.78, 5) is 14.2. The fraction of sp³-hybridized carbons (Fsp3) is 0.750. The summed E-state index contributed by atoms with van der Waals surface area (Å²) in [5.41, 5.74) is 0. The zero-order valence-corrected chi connectivity index (χ0v) is 11.6. The van der Waals surface area contributed by atoms with Gasteiger partial charge in [0.2, 0.25) is 5.91 Å². The van der Waals surface area contributed by atoms with Gasteiger partial charge in [0.05, 0.1) is 6.04 Å². The lowest BCUT2D eigenvalue weighted by Crippen LogP contribution is -2.52. The standard InChI is InChI=1S/C12H22N6O/c1-10(18-7-5-13-6-8-18)12(19)14-4-3-11-16-15-9-17(11)2/h9-10,13H,3-8H2,1-2H3,(H,14,19). The fourth-order valence-corrected chi connectivity index (χ4v) is 2.21. The number of amides is 1. The molecule has 0 saturated carbocycles. The molecular formula is C12H22N6O. The number of hydrogen-bond acceptors (Lipinski definition) is 5. The van der Waals surface area contributed by atoms with Crippen LogP contribution in [0, 0.1) is 0 Å². The Morgan fingerprint density at radius 3 is 2.89 bits per heavy atom. The second kappa shape index (κ2) is 6.63. The number of aryl methyl sites for hydroxylation is 1. The number of piperazine rings is 1. The van der Waals surface area contributed by atoms with Crippen LogP contribution in [0.3, 0.4) is 0 Å². The molecule has 1 fully saturated rings. The summed E-state index contributed by atoms with van der Waals surface area (Å²) < 4.78 is 1.87. The van der Waals surface area contributed by atoms with Crippen LogP contribution in [0.25, 0.3) is 0 Å². The molecular weight excluding hydrogens is 244 g/mol. The van der Waals surface area contributed by atoms with Gasteiger partial charge >= 0.3 is 0 Å². The lowest BCUT2D eigenvalue weighted by Gasteiger charge is -2.31. The SMILES string of the molecule is CC(C(=O)NCCc1nncn1C)N1CCNCC1. The highest BCUT2D eigenvalue weighted by Gasteiger charge is 2.22. The number of rotatable bonds is 5. The predicted molar refractivity (Wildman–Crippen MR) is 71.6 cm³/mol. The zero-order valence-electron chi connectivity index (χ0n) is 11.6. The van der Waals surface area contributed by atoms with Gasteiger partial charge in [-0.25, -0.2) is 0 Å². The van der Waals surface area contributed by atoms with E-state index >= 15 is 0 Å². The van der Waals surface area contributed by atoms with Gasteiger partial charge in [-0.05, 0) is 6.92 Å². The van der Waals surface area contributed by atoms with Crippen molar-refractivity contribution >= 4 is 5.91 Å². The van der Waals surface area contributed by atoms with E-state index in [0.717, 1.165) is 32.0 Å². The van der Waals surface area contributed by atoms with E-state index in [1.807, 2.05) is 18.5 Å². The molecule has 106 valence electrons. The van der Waals surface area contributed by atoms with Crippen LogP contribution < -0.4 is 10.6 Å². The van der Waals surface area contributed by atoms with Crippen molar-refractivity contribution < 1.29 is 4.79 Å². The molecule has 1 unspecified atom stereocenters. The number of nitrogens with one attached hydrogen (secondary N) is 2. The molecule has 0 aromatic carbocycles. The predicted octanol–water partition coefficient (Wildman–Crippen LogP) is -1.23. The van der Waals surface area contributed by atoms with Crippen LogP contribution in [-0.2, 0) is 18.3 Å². The van der Waals surface area contributed by atoms with Gasteiger partial charge in [-0.2, -0.15) is 0 Å². The van der Waals surface area contributed by atoms with E-state index in [0.29, 0.717) is 13.0 Å². The van der Waals surface area contributed by atoms with Crippen molar-refractivity contribution in [1.82, 2.24) is 30.3 Å². The lowest BCUT2D eigenvalue weighted by atomic mass is 10.2. The summed E-state index contributed by atoms with van der Waals surface area (Å²) in [6, 6.07) is -0.0680. The third-order valence-corrected chi connectivity index (χ3v) is 3.53. The van der Waals surface area contributed by atoms with E-state index in [9.17, 15) is 4.79 Å². The van der Waals surface area contributed by atoms with Crippen molar-refractivity contribution in [3.05, 3.63) is 12.2 Å². The molecule has 19 heavy (non-hydrogen) atoms. The molecule has 1 aliphatic heterocycles. The highest BCUT2D eigenvalue weighted by atomic mass is 16.2. The van der Waals surface area contributed by atoms with Crippen LogP contribution in [0.4, 0.5) is 0 Å². The summed E-state index contributed by atoms with van der Waals surface area (Å²) in [6.45, 7) is 6.33. The van der Waals surface area contributed by atoms with Crippen molar-refractivity contribution in [2.24, 2.45) is 7.05 Å². The van der Waals surface area contributed by atoms with E-state index in [1.54, 1.807) is 6.33 Å². The van der Waals surface area contributed by atoms with Gasteiger partial charge in [0.15, 0.2) is 0 Å². The summed E-state index contributed by atoms with van der Waals surface area (Å²) in [5, 5.41) is 14.1. The van der Waals surface area contributed by atoms with Gasteiger partial charge < -0.3 is 15.2 Å². The van der Waals surface area contributed by atoms with E-state index in [1.165, 1.54) is 0 Å². The van der Waals surface area contributed by atoms with Crippen LogP contribution in [-0.4, -0.2) is 64.3 Å². The van der Waals surface area contributed by atoms with E-state index < -0.39 is 0 Å². The van der Waals surface area contributed by atoms with Crippen LogP contribution >= 0.6 is 0 Å². The Morgan fingerprint density at radius 1 is 1.53 bits per heavy atom. The first-order valence-electron chi connectivity index (χ1n) is 6.74. The summed E-state index contributed by atoms with van der Waals surface area (Å²) in [6.07, 6.45) is 2.37. The summed E-state index contributed by atoms with van der Waals surface area (Å²) in [5.74, 6) is 0.971. The van der Waals surface area contributed by atoms with Crippen molar-refractivity contribution in [2.75, 3.05) is 32.7 Å². The van der Waals surface area contributed by atoms with Crippen molar-refractivity contribution in [3.8, 4) is 0 Å². The Hall–Kier alpha value is -1.47. The molecule has 2 rings (SSSR count). The van der Waals surface area contributed by atoms with Gasteiger partial charge in [-0.3, -0.25) is 9.69 Å². The number of nitrogens with zero attached hydrogens (tertiary/aromatic N) is 4. The number of aromatic nitrogens is 3. The highest BCUT2D eigenvalue weighted by molar-refractivity contribution is 5.81. The Kier molecular flexibility index (Phi) is 4.86. The van der Waals surface area contributed by atoms with Crippen LogP contribution in [0.15, 0.2) is 6.33 Å². The molecule has 1 aliphatic rings. The molecule has 0 radical (unpaired) electrons. The monoisotopic (exact) mass is 266 g/mol. The van der Waals surface area contributed by atoms with E-state index in [2.05, 4.69) is 25.7 Å². The molecule has 0 spiro atoms. The van der Waals surface area contributed by atoms with Crippen molar-refractivity contribution in [3.63, 3.8) is 0 Å². The van der Waals surface area contributed by atoms with Crippen LogP contribution in [0.5, 0.6) is 0 Å². The summed E-state index contributed by atoms with van der Waals surface area (Å²) in [7, 11) is 1.90. The zero-order chi connectivity index (χ0) is 13.7. The van der Waals surface area contributed by atoms with Gasteiger partial charge in [-0.1, -0.05) is 0 Å².